The number of aryl methyl sites for hydroxylation is 1. The predicted molar refractivity (Wildman–Crippen MR) is 81.8 cm³/mol. The van der Waals surface area contributed by atoms with Gasteiger partial charge in [-0.15, -0.1) is 0 Å². The number of nitrogens with zero attached hydrogens (tertiary/aromatic N) is 1. The first kappa shape index (κ1) is 14.9. The van der Waals surface area contributed by atoms with Crippen LogP contribution in [-0.2, 0) is 10.0 Å². The van der Waals surface area contributed by atoms with Crippen LogP contribution in [0.4, 0.5) is 10.1 Å². The number of aromatic nitrogens is 1. The number of thiazole rings is 1. The SMILES string of the molecule is Cc1nc(Cl)sc1S(=O)(=O)Nc1ccc(F)cc1I. The first-order chi connectivity index (χ1) is 8.79. The van der Waals surface area contributed by atoms with E-state index in [9.17, 15) is 12.8 Å². The molecule has 0 spiro atoms. The van der Waals surface area contributed by atoms with E-state index in [1.807, 2.05) is 22.6 Å². The van der Waals surface area contributed by atoms with Gasteiger partial charge in [-0.2, -0.15) is 0 Å². The van der Waals surface area contributed by atoms with Crippen LogP contribution in [-0.4, -0.2) is 13.4 Å². The van der Waals surface area contributed by atoms with Gasteiger partial charge in [0.2, 0.25) is 0 Å². The maximum Gasteiger partial charge on any atom is 0.273 e. The van der Waals surface area contributed by atoms with Gasteiger partial charge in [0.1, 0.15) is 5.82 Å². The molecule has 1 heterocycles. The topological polar surface area (TPSA) is 59.1 Å². The minimum absolute atomic E-state index is 0.0534. The first-order valence-electron chi connectivity index (χ1n) is 4.90. The standard InChI is InChI=1S/C10H7ClFIN2O2S2/c1-5-9(18-10(11)14-5)19(16,17)15-8-3-2-6(12)4-7(8)13/h2-4,15H,1H3. The molecule has 1 aromatic heterocycles. The highest BCUT2D eigenvalue weighted by Crippen LogP contribution is 2.29. The molecule has 0 bridgehead atoms. The molecule has 0 saturated heterocycles. The average Bonchev–Trinajstić information content (AvgIpc) is 2.63. The Bertz CT molecular complexity index is 733. The zero-order valence-corrected chi connectivity index (χ0v) is 14.0. The quantitative estimate of drug-likeness (QED) is 0.753. The molecule has 19 heavy (non-hydrogen) atoms. The number of rotatable bonds is 3. The highest BCUT2D eigenvalue weighted by molar-refractivity contribution is 14.1. The van der Waals surface area contributed by atoms with Crippen molar-refractivity contribution >= 4 is 61.2 Å². The normalized spacial score (nSPS) is 11.6. The summed E-state index contributed by atoms with van der Waals surface area (Å²) >= 11 is 8.42. The van der Waals surface area contributed by atoms with Crippen LogP contribution in [0.1, 0.15) is 5.69 Å². The van der Waals surface area contributed by atoms with E-state index in [4.69, 9.17) is 11.6 Å². The molecular formula is C10H7ClFIN2O2S2. The summed E-state index contributed by atoms with van der Waals surface area (Å²) in [5.41, 5.74) is 0.644. The molecule has 0 aliphatic heterocycles. The molecule has 0 atom stereocenters. The lowest BCUT2D eigenvalue weighted by atomic mass is 10.3. The predicted octanol–water partition coefficient (Wildman–Crippen LogP) is 3.65. The molecule has 9 heteroatoms. The van der Waals surface area contributed by atoms with Crippen molar-refractivity contribution < 1.29 is 12.8 Å². The van der Waals surface area contributed by atoms with Gasteiger partial charge in [0.05, 0.1) is 11.4 Å². The Hall–Kier alpha value is -0.450. The van der Waals surface area contributed by atoms with Crippen LogP contribution in [0.2, 0.25) is 4.47 Å². The van der Waals surface area contributed by atoms with Crippen LogP contribution >= 0.6 is 45.5 Å². The molecule has 0 unspecified atom stereocenters. The van der Waals surface area contributed by atoms with Crippen LogP contribution in [0.15, 0.2) is 22.4 Å². The van der Waals surface area contributed by atoms with Gasteiger partial charge in [-0.3, -0.25) is 4.72 Å². The fourth-order valence-corrected chi connectivity index (χ4v) is 4.98. The summed E-state index contributed by atoms with van der Waals surface area (Å²) in [5.74, 6) is -0.427. The molecule has 0 fully saturated rings. The van der Waals surface area contributed by atoms with Crippen molar-refractivity contribution in [2.45, 2.75) is 11.1 Å². The summed E-state index contributed by atoms with van der Waals surface area (Å²) in [6.07, 6.45) is 0. The van der Waals surface area contributed by atoms with Crippen molar-refractivity contribution in [2.24, 2.45) is 0 Å². The molecule has 0 amide bonds. The fourth-order valence-electron chi connectivity index (χ4n) is 1.36. The summed E-state index contributed by atoms with van der Waals surface area (Å²) in [7, 11) is -3.76. The average molecular weight is 433 g/mol. The summed E-state index contributed by atoms with van der Waals surface area (Å²) in [5, 5.41) is 0. The molecule has 2 aromatic rings. The van der Waals surface area contributed by atoms with E-state index < -0.39 is 15.8 Å². The lowest BCUT2D eigenvalue weighted by Crippen LogP contribution is -2.13. The van der Waals surface area contributed by atoms with Crippen LogP contribution < -0.4 is 4.72 Å². The second kappa shape index (κ2) is 5.51. The zero-order valence-electron chi connectivity index (χ0n) is 9.45. The maximum absolute atomic E-state index is 13.0. The van der Waals surface area contributed by atoms with Gasteiger partial charge in [-0.05, 0) is 47.7 Å². The van der Waals surface area contributed by atoms with Crippen molar-refractivity contribution in [2.75, 3.05) is 4.72 Å². The van der Waals surface area contributed by atoms with E-state index in [1.165, 1.54) is 18.2 Å². The molecule has 1 aromatic carbocycles. The number of sulfonamides is 1. The third-order valence-corrected chi connectivity index (χ3v) is 6.28. The van der Waals surface area contributed by atoms with Crippen LogP contribution in [0, 0.1) is 16.3 Å². The smallest absolute Gasteiger partial charge is 0.273 e. The summed E-state index contributed by atoms with van der Waals surface area (Å²) in [4.78, 5) is 3.86. The summed E-state index contributed by atoms with van der Waals surface area (Å²) in [6.45, 7) is 1.56. The van der Waals surface area contributed by atoms with Gasteiger partial charge < -0.3 is 0 Å². The number of hydrogen-bond donors (Lipinski definition) is 1. The van der Waals surface area contributed by atoms with Crippen LogP contribution in [0.5, 0.6) is 0 Å². The molecule has 0 aliphatic carbocycles. The number of nitrogens with one attached hydrogen (secondary N) is 1. The van der Waals surface area contributed by atoms with Gasteiger partial charge in [0.25, 0.3) is 10.0 Å². The molecular weight excluding hydrogens is 426 g/mol. The Balaban J connectivity index is 2.39. The number of anilines is 1. The highest BCUT2D eigenvalue weighted by Gasteiger charge is 2.22. The van der Waals surface area contributed by atoms with Crippen LogP contribution in [0.3, 0.4) is 0 Å². The summed E-state index contributed by atoms with van der Waals surface area (Å²) in [6, 6.07) is 3.80. The van der Waals surface area contributed by atoms with Gasteiger partial charge >= 0.3 is 0 Å². The van der Waals surface area contributed by atoms with E-state index in [0.29, 0.717) is 15.0 Å². The zero-order chi connectivity index (χ0) is 14.2. The Labute approximate surface area is 132 Å². The van der Waals surface area contributed by atoms with Crippen molar-refractivity contribution in [3.05, 3.63) is 37.7 Å². The minimum Gasteiger partial charge on any atom is -0.278 e. The van der Waals surface area contributed by atoms with E-state index in [-0.39, 0.29) is 8.68 Å². The number of halogens is 3. The minimum atomic E-state index is -3.76. The lowest BCUT2D eigenvalue weighted by Gasteiger charge is -2.08. The first-order valence-corrected chi connectivity index (χ1v) is 8.66. The number of benzene rings is 1. The molecule has 0 aliphatic rings. The molecule has 4 nitrogen and oxygen atoms in total. The molecule has 102 valence electrons. The van der Waals surface area contributed by atoms with Gasteiger partial charge in [-0.1, -0.05) is 22.9 Å². The Morgan fingerprint density at radius 3 is 2.68 bits per heavy atom. The Morgan fingerprint density at radius 2 is 2.16 bits per heavy atom. The number of hydrogen-bond acceptors (Lipinski definition) is 4. The maximum atomic E-state index is 13.0. The van der Waals surface area contributed by atoms with E-state index in [0.717, 1.165) is 11.3 Å². The largest absolute Gasteiger partial charge is 0.278 e. The summed E-state index contributed by atoms with van der Waals surface area (Å²) < 4.78 is 40.4. The van der Waals surface area contributed by atoms with Gasteiger partial charge in [0.15, 0.2) is 8.68 Å². The lowest BCUT2D eigenvalue weighted by molar-refractivity contribution is 0.602. The van der Waals surface area contributed by atoms with Crippen molar-refractivity contribution in [1.29, 1.82) is 0 Å². The van der Waals surface area contributed by atoms with E-state index >= 15 is 0 Å². The third-order valence-electron chi connectivity index (χ3n) is 2.15. The molecule has 0 saturated carbocycles. The van der Waals surface area contributed by atoms with Crippen LogP contribution in [0.25, 0.3) is 0 Å². The Morgan fingerprint density at radius 1 is 1.47 bits per heavy atom. The molecule has 1 N–H and O–H groups in total. The van der Waals surface area contributed by atoms with Crippen molar-refractivity contribution in [3.8, 4) is 0 Å². The third kappa shape index (κ3) is 3.36. The fraction of sp³-hybridized carbons (Fsp3) is 0.100. The van der Waals surface area contributed by atoms with Gasteiger partial charge in [0, 0.05) is 3.57 Å². The van der Waals surface area contributed by atoms with Crippen molar-refractivity contribution in [1.82, 2.24) is 4.98 Å². The monoisotopic (exact) mass is 432 g/mol. The second-order valence-electron chi connectivity index (χ2n) is 3.57. The highest BCUT2D eigenvalue weighted by atomic mass is 127. The molecule has 2 rings (SSSR count). The van der Waals surface area contributed by atoms with Gasteiger partial charge in [-0.25, -0.2) is 17.8 Å². The molecule has 0 radical (unpaired) electrons. The van der Waals surface area contributed by atoms with E-state index in [1.54, 1.807) is 6.92 Å². The Kier molecular flexibility index (Phi) is 4.33. The van der Waals surface area contributed by atoms with E-state index in [2.05, 4.69) is 9.71 Å². The second-order valence-corrected chi connectivity index (χ2v) is 8.19. The van der Waals surface area contributed by atoms with Crippen molar-refractivity contribution in [3.63, 3.8) is 0 Å².